The van der Waals surface area contributed by atoms with Crippen LogP contribution in [0, 0.1) is 6.92 Å². The van der Waals surface area contributed by atoms with Crippen molar-refractivity contribution in [3.05, 3.63) is 64.8 Å². The summed E-state index contributed by atoms with van der Waals surface area (Å²) in [4.78, 5) is 8.50. The minimum absolute atomic E-state index is 0.263. The standard InChI is InChI=1S/C17H13ClN2O2/c1-11-2-8-14(9-3-11)19-10-15-17(21)22-16(20-15)12-4-6-13(18)7-5-12/h2-10,21H,1H3. The molecule has 0 fully saturated rings. The van der Waals surface area contributed by atoms with Crippen LogP contribution < -0.4 is 0 Å². The summed E-state index contributed by atoms with van der Waals surface area (Å²) >= 11 is 5.84. The van der Waals surface area contributed by atoms with Crippen LogP contribution in [-0.2, 0) is 0 Å². The quantitative estimate of drug-likeness (QED) is 0.709. The minimum Gasteiger partial charge on any atom is -0.479 e. The Morgan fingerprint density at radius 1 is 1.09 bits per heavy atom. The summed E-state index contributed by atoms with van der Waals surface area (Å²) in [5.41, 5.74) is 2.95. The van der Waals surface area contributed by atoms with Gasteiger partial charge in [-0.15, -0.1) is 0 Å². The van der Waals surface area contributed by atoms with Gasteiger partial charge in [0.2, 0.25) is 5.89 Å². The van der Waals surface area contributed by atoms with Crippen LogP contribution in [0.4, 0.5) is 5.69 Å². The summed E-state index contributed by atoms with van der Waals surface area (Å²) in [6, 6.07) is 14.7. The summed E-state index contributed by atoms with van der Waals surface area (Å²) < 4.78 is 5.26. The van der Waals surface area contributed by atoms with Crippen LogP contribution in [0.5, 0.6) is 5.95 Å². The van der Waals surface area contributed by atoms with Crippen molar-refractivity contribution >= 4 is 23.5 Å². The normalized spacial score (nSPS) is 11.2. The molecule has 0 bridgehead atoms. The highest BCUT2D eigenvalue weighted by Gasteiger charge is 2.12. The number of aliphatic imine (C=N–C) groups is 1. The van der Waals surface area contributed by atoms with Gasteiger partial charge in [-0.25, -0.2) is 4.98 Å². The molecule has 0 radical (unpaired) electrons. The van der Waals surface area contributed by atoms with Gasteiger partial charge in [0.15, 0.2) is 5.69 Å². The third kappa shape index (κ3) is 3.18. The van der Waals surface area contributed by atoms with Crippen molar-refractivity contribution in [3.63, 3.8) is 0 Å². The Morgan fingerprint density at radius 2 is 1.77 bits per heavy atom. The molecule has 1 heterocycles. The molecule has 0 saturated carbocycles. The zero-order chi connectivity index (χ0) is 15.5. The fraction of sp³-hybridized carbons (Fsp3) is 0.0588. The van der Waals surface area contributed by atoms with Crippen LogP contribution in [0.15, 0.2) is 57.9 Å². The zero-order valence-corrected chi connectivity index (χ0v) is 12.6. The second kappa shape index (κ2) is 6.03. The number of aromatic nitrogens is 1. The van der Waals surface area contributed by atoms with Gasteiger partial charge in [-0.05, 0) is 43.3 Å². The van der Waals surface area contributed by atoms with E-state index in [-0.39, 0.29) is 11.6 Å². The van der Waals surface area contributed by atoms with E-state index >= 15 is 0 Å². The van der Waals surface area contributed by atoms with Gasteiger partial charge in [-0.1, -0.05) is 29.3 Å². The number of rotatable bonds is 3. The van der Waals surface area contributed by atoms with Crippen molar-refractivity contribution in [3.8, 4) is 17.4 Å². The van der Waals surface area contributed by atoms with E-state index in [1.54, 1.807) is 24.3 Å². The Balaban J connectivity index is 1.86. The van der Waals surface area contributed by atoms with Gasteiger partial charge in [0, 0.05) is 10.6 Å². The van der Waals surface area contributed by atoms with Gasteiger partial charge in [0.1, 0.15) is 0 Å². The van der Waals surface area contributed by atoms with Crippen molar-refractivity contribution < 1.29 is 9.52 Å². The Kier molecular flexibility index (Phi) is 3.94. The van der Waals surface area contributed by atoms with E-state index in [2.05, 4.69) is 9.98 Å². The fourth-order valence-corrected chi connectivity index (χ4v) is 2.02. The lowest BCUT2D eigenvalue weighted by Crippen LogP contribution is -1.82. The Labute approximate surface area is 132 Å². The Hall–Kier alpha value is -2.59. The molecule has 0 amide bonds. The highest BCUT2D eigenvalue weighted by molar-refractivity contribution is 6.30. The van der Waals surface area contributed by atoms with E-state index in [1.165, 1.54) is 6.21 Å². The third-order valence-electron chi connectivity index (χ3n) is 3.10. The number of hydrogen-bond donors (Lipinski definition) is 1. The molecule has 0 saturated heterocycles. The number of oxazole rings is 1. The minimum atomic E-state index is -0.263. The summed E-state index contributed by atoms with van der Waals surface area (Å²) in [6.45, 7) is 2.01. The van der Waals surface area contributed by atoms with Gasteiger partial charge >= 0.3 is 5.95 Å². The van der Waals surface area contributed by atoms with E-state index in [4.69, 9.17) is 16.0 Å². The zero-order valence-electron chi connectivity index (χ0n) is 11.8. The molecule has 0 atom stereocenters. The maximum Gasteiger partial charge on any atom is 0.312 e. The molecule has 22 heavy (non-hydrogen) atoms. The average molecular weight is 313 g/mol. The highest BCUT2D eigenvalue weighted by atomic mass is 35.5. The monoisotopic (exact) mass is 312 g/mol. The molecule has 0 spiro atoms. The van der Waals surface area contributed by atoms with Gasteiger partial charge in [-0.3, -0.25) is 4.99 Å². The Morgan fingerprint density at radius 3 is 2.45 bits per heavy atom. The maximum absolute atomic E-state index is 9.82. The van der Waals surface area contributed by atoms with Gasteiger partial charge in [0.05, 0.1) is 11.9 Å². The molecule has 4 nitrogen and oxygen atoms in total. The lowest BCUT2D eigenvalue weighted by molar-refractivity contribution is 0.337. The van der Waals surface area contributed by atoms with E-state index in [0.29, 0.717) is 10.9 Å². The summed E-state index contributed by atoms with van der Waals surface area (Å²) in [6.07, 6.45) is 1.48. The molecule has 1 N–H and O–H groups in total. The van der Waals surface area contributed by atoms with Gasteiger partial charge in [-0.2, -0.15) is 0 Å². The predicted octanol–water partition coefficient (Wildman–Crippen LogP) is 4.76. The average Bonchev–Trinajstić information content (AvgIpc) is 2.88. The molecule has 1 aromatic heterocycles. The van der Waals surface area contributed by atoms with Gasteiger partial charge < -0.3 is 9.52 Å². The van der Waals surface area contributed by atoms with Crippen LogP contribution in [0.25, 0.3) is 11.5 Å². The molecule has 110 valence electrons. The largest absolute Gasteiger partial charge is 0.479 e. The molecule has 5 heteroatoms. The topological polar surface area (TPSA) is 58.6 Å². The fourth-order valence-electron chi connectivity index (χ4n) is 1.89. The molecule has 3 rings (SSSR count). The number of aromatic hydroxyl groups is 1. The SMILES string of the molecule is Cc1ccc(N=Cc2nc(-c3ccc(Cl)cc3)oc2O)cc1. The lowest BCUT2D eigenvalue weighted by Gasteiger charge is -1.94. The second-order valence-corrected chi connectivity index (χ2v) is 5.25. The maximum atomic E-state index is 9.82. The second-order valence-electron chi connectivity index (χ2n) is 4.81. The Bertz CT molecular complexity index is 806. The first-order valence-corrected chi connectivity index (χ1v) is 7.06. The van der Waals surface area contributed by atoms with Crippen LogP contribution in [0.2, 0.25) is 5.02 Å². The van der Waals surface area contributed by atoms with E-state index in [0.717, 1.165) is 16.8 Å². The molecule has 0 aliphatic carbocycles. The molecular weight excluding hydrogens is 300 g/mol. The molecule has 0 aliphatic heterocycles. The van der Waals surface area contributed by atoms with Crippen molar-refractivity contribution in [2.45, 2.75) is 6.92 Å². The van der Waals surface area contributed by atoms with Crippen LogP contribution >= 0.6 is 11.6 Å². The molecule has 0 aliphatic rings. The molecule has 0 unspecified atom stereocenters. The van der Waals surface area contributed by atoms with Gasteiger partial charge in [0.25, 0.3) is 0 Å². The first-order chi connectivity index (χ1) is 10.6. The summed E-state index contributed by atoms with van der Waals surface area (Å²) in [5, 5.41) is 10.4. The van der Waals surface area contributed by atoms with Crippen LogP contribution in [-0.4, -0.2) is 16.3 Å². The number of halogens is 1. The smallest absolute Gasteiger partial charge is 0.312 e. The number of nitrogens with zero attached hydrogens (tertiary/aromatic N) is 2. The van der Waals surface area contributed by atoms with Crippen LogP contribution in [0.1, 0.15) is 11.3 Å². The van der Waals surface area contributed by atoms with E-state index in [9.17, 15) is 5.11 Å². The van der Waals surface area contributed by atoms with Crippen LogP contribution in [0.3, 0.4) is 0 Å². The molecular formula is C17H13ClN2O2. The molecule has 2 aromatic carbocycles. The van der Waals surface area contributed by atoms with E-state index < -0.39 is 0 Å². The highest BCUT2D eigenvalue weighted by Crippen LogP contribution is 2.26. The first kappa shape index (κ1) is 14.4. The van der Waals surface area contributed by atoms with E-state index in [1.807, 2.05) is 31.2 Å². The van der Waals surface area contributed by atoms with Crippen molar-refractivity contribution in [1.29, 1.82) is 0 Å². The predicted molar refractivity (Wildman–Crippen MR) is 87.0 cm³/mol. The summed E-state index contributed by atoms with van der Waals surface area (Å²) in [5.74, 6) is 0.0559. The number of aryl methyl sites for hydroxylation is 1. The lowest BCUT2D eigenvalue weighted by atomic mass is 10.2. The third-order valence-corrected chi connectivity index (χ3v) is 3.35. The number of benzene rings is 2. The molecule has 3 aromatic rings. The van der Waals surface area contributed by atoms with Crippen molar-refractivity contribution in [2.75, 3.05) is 0 Å². The summed E-state index contributed by atoms with van der Waals surface area (Å²) in [7, 11) is 0. The van der Waals surface area contributed by atoms with Crippen molar-refractivity contribution in [2.24, 2.45) is 4.99 Å². The first-order valence-electron chi connectivity index (χ1n) is 6.68. The van der Waals surface area contributed by atoms with Crippen molar-refractivity contribution in [1.82, 2.24) is 4.98 Å². The number of hydrogen-bond acceptors (Lipinski definition) is 4.